The molecule has 1 aliphatic rings. The van der Waals surface area contributed by atoms with Crippen molar-refractivity contribution in [2.45, 2.75) is 65.4 Å². The Kier molecular flexibility index (Phi) is 7.20. The van der Waals surface area contributed by atoms with Gasteiger partial charge in [-0.05, 0) is 65.4 Å². The lowest BCUT2D eigenvalue weighted by Crippen LogP contribution is -2.27. The molecule has 1 rings (SSSR count). The van der Waals surface area contributed by atoms with Gasteiger partial charge in [0, 0.05) is 12.2 Å². The Morgan fingerprint density at radius 2 is 1.92 bits per heavy atom. The van der Waals surface area contributed by atoms with Gasteiger partial charge in [-0.1, -0.05) is 23.8 Å². The Balaban J connectivity index is 2.33. The summed E-state index contributed by atoms with van der Waals surface area (Å²) < 4.78 is 5.65. The van der Waals surface area contributed by atoms with E-state index in [1.807, 2.05) is 6.92 Å². The zero-order chi connectivity index (χ0) is 18.3. The van der Waals surface area contributed by atoms with E-state index < -0.39 is 11.6 Å². The summed E-state index contributed by atoms with van der Waals surface area (Å²) in [6, 6.07) is 0. The summed E-state index contributed by atoms with van der Waals surface area (Å²) >= 11 is 0. The Hall–Kier alpha value is -2.10. The molecule has 4 heteroatoms. The van der Waals surface area contributed by atoms with E-state index in [-0.39, 0.29) is 5.78 Å². The summed E-state index contributed by atoms with van der Waals surface area (Å²) in [5, 5.41) is 8.66. The highest BCUT2D eigenvalue weighted by Gasteiger charge is 2.35. The number of carboxylic acid groups (broad SMARTS) is 1. The average molecular weight is 332 g/mol. The minimum atomic E-state index is -0.892. The molecule has 0 aromatic rings. The third-order valence-corrected chi connectivity index (χ3v) is 4.02. The first kappa shape index (κ1) is 19.9. The van der Waals surface area contributed by atoms with Gasteiger partial charge in [-0.25, -0.2) is 4.79 Å². The van der Waals surface area contributed by atoms with Gasteiger partial charge in [0.2, 0.25) is 5.78 Å². The van der Waals surface area contributed by atoms with Gasteiger partial charge < -0.3 is 9.84 Å². The van der Waals surface area contributed by atoms with Gasteiger partial charge in [0.1, 0.15) is 5.76 Å². The molecular weight excluding hydrogens is 304 g/mol. The lowest BCUT2D eigenvalue weighted by molar-refractivity contribution is -0.131. The molecule has 0 radical (unpaired) electrons. The zero-order valence-corrected chi connectivity index (χ0v) is 15.1. The fraction of sp³-hybridized carbons (Fsp3) is 0.500. The van der Waals surface area contributed by atoms with E-state index in [4.69, 9.17) is 9.84 Å². The predicted molar refractivity (Wildman–Crippen MR) is 95.6 cm³/mol. The highest BCUT2D eigenvalue weighted by molar-refractivity contribution is 5.99. The molecule has 24 heavy (non-hydrogen) atoms. The van der Waals surface area contributed by atoms with Crippen molar-refractivity contribution in [3.8, 4) is 0 Å². The number of carbonyl (C=O) groups excluding carboxylic acids is 1. The van der Waals surface area contributed by atoms with Gasteiger partial charge in [-0.15, -0.1) is 0 Å². The van der Waals surface area contributed by atoms with Gasteiger partial charge in [-0.2, -0.15) is 0 Å². The fourth-order valence-electron chi connectivity index (χ4n) is 2.46. The summed E-state index contributed by atoms with van der Waals surface area (Å²) in [5.74, 6) is -0.294. The average Bonchev–Trinajstić information content (AvgIpc) is 2.72. The van der Waals surface area contributed by atoms with Crippen LogP contribution < -0.4 is 0 Å². The van der Waals surface area contributed by atoms with Crippen molar-refractivity contribution in [3.63, 3.8) is 0 Å². The number of carboxylic acids is 1. The number of carbonyl (C=O) groups is 2. The summed E-state index contributed by atoms with van der Waals surface area (Å²) in [6.45, 7) is 11.5. The second kappa shape index (κ2) is 8.67. The largest absolute Gasteiger partial charge is 0.479 e. The molecule has 0 spiro atoms. The lowest BCUT2D eigenvalue weighted by atomic mass is 10.0. The van der Waals surface area contributed by atoms with Crippen LogP contribution >= 0.6 is 0 Å². The molecule has 4 nitrogen and oxygen atoms in total. The molecule has 0 amide bonds. The monoisotopic (exact) mass is 332 g/mol. The molecule has 0 saturated carbocycles. The fourth-order valence-corrected chi connectivity index (χ4v) is 2.46. The van der Waals surface area contributed by atoms with E-state index in [1.54, 1.807) is 19.9 Å². The van der Waals surface area contributed by atoms with Crippen LogP contribution in [0.2, 0.25) is 0 Å². The molecule has 0 unspecified atom stereocenters. The normalized spacial score (nSPS) is 17.5. The van der Waals surface area contributed by atoms with Crippen molar-refractivity contribution in [2.24, 2.45) is 0 Å². The minimum Gasteiger partial charge on any atom is -0.479 e. The van der Waals surface area contributed by atoms with Crippen LogP contribution in [0.4, 0.5) is 0 Å². The molecule has 0 bridgehead atoms. The first-order valence-electron chi connectivity index (χ1n) is 8.31. The van der Waals surface area contributed by atoms with Crippen LogP contribution in [0.3, 0.4) is 0 Å². The smallest absolute Gasteiger partial charge is 0.328 e. The topological polar surface area (TPSA) is 63.6 Å². The molecule has 0 aromatic carbocycles. The molecule has 0 aliphatic carbocycles. The first-order valence-corrected chi connectivity index (χ1v) is 8.31. The van der Waals surface area contributed by atoms with Gasteiger partial charge in [-0.3, -0.25) is 4.79 Å². The number of ether oxygens (including phenoxy) is 1. The van der Waals surface area contributed by atoms with Crippen LogP contribution in [0.15, 0.2) is 47.3 Å². The molecule has 1 aliphatic heterocycles. The molecule has 0 aromatic heterocycles. The van der Waals surface area contributed by atoms with Crippen molar-refractivity contribution in [2.75, 3.05) is 0 Å². The van der Waals surface area contributed by atoms with E-state index in [2.05, 4.69) is 19.6 Å². The van der Waals surface area contributed by atoms with Crippen LogP contribution in [0.25, 0.3) is 0 Å². The van der Waals surface area contributed by atoms with E-state index in [1.165, 1.54) is 11.6 Å². The Morgan fingerprint density at radius 1 is 1.25 bits per heavy atom. The van der Waals surface area contributed by atoms with Crippen molar-refractivity contribution in [3.05, 3.63) is 47.3 Å². The molecule has 132 valence electrons. The Morgan fingerprint density at radius 3 is 2.46 bits per heavy atom. The SMILES string of the molecule is C=C(CCCC(C)=CCCC(C)=CC(=O)O)C1=CC(=O)C(C)(C)O1. The summed E-state index contributed by atoms with van der Waals surface area (Å²) in [7, 11) is 0. The van der Waals surface area contributed by atoms with Crippen LogP contribution in [0.1, 0.15) is 59.8 Å². The molecular formula is C20H28O4. The number of allylic oxidation sites excluding steroid dienone is 4. The molecule has 1 heterocycles. The van der Waals surface area contributed by atoms with Crippen molar-refractivity contribution in [1.29, 1.82) is 0 Å². The van der Waals surface area contributed by atoms with Crippen molar-refractivity contribution in [1.82, 2.24) is 0 Å². The number of rotatable bonds is 9. The number of ketones is 1. The van der Waals surface area contributed by atoms with Crippen LogP contribution in [-0.4, -0.2) is 22.5 Å². The second-order valence-electron chi connectivity index (χ2n) is 6.86. The van der Waals surface area contributed by atoms with Crippen molar-refractivity contribution >= 4 is 11.8 Å². The first-order chi connectivity index (χ1) is 11.1. The third kappa shape index (κ3) is 6.57. The third-order valence-electron chi connectivity index (χ3n) is 4.02. The highest BCUT2D eigenvalue weighted by atomic mass is 16.5. The Labute approximate surface area is 144 Å². The standard InChI is InChI=1S/C20H28O4/c1-14(8-6-10-15(2)12-19(22)23)9-7-11-16(3)17-13-18(21)20(4,5)24-17/h8,12-13H,3,6-7,9-11H2,1-2,4-5H3,(H,22,23). The molecule has 0 saturated heterocycles. The maximum absolute atomic E-state index is 11.7. The summed E-state index contributed by atoms with van der Waals surface area (Å²) in [5.41, 5.74) is 2.25. The summed E-state index contributed by atoms with van der Waals surface area (Å²) in [6.07, 6.45) is 9.24. The highest BCUT2D eigenvalue weighted by Crippen LogP contribution is 2.30. The van der Waals surface area contributed by atoms with Crippen LogP contribution in [0, 0.1) is 0 Å². The second-order valence-corrected chi connectivity index (χ2v) is 6.86. The van der Waals surface area contributed by atoms with E-state index in [0.717, 1.165) is 43.3 Å². The molecule has 1 N–H and O–H groups in total. The zero-order valence-electron chi connectivity index (χ0n) is 15.1. The molecule has 0 fully saturated rings. The van der Waals surface area contributed by atoms with Crippen molar-refractivity contribution < 1.29 is 19.4 Å². The van der Waals surface area contributed by atoms with Gasteiger partial charge >= 0.3 is 5.97 Å². The number of aliphatic carboxylic acids is 1. The van der Waals surface area contributed by atoms with Crippen LogP contribution in [0.5, 0.6) is 0 Å². The lowest BCUT2D eigenvalue weighted by Gasteiger charge is -2.18. The predicted octanol–water partition coefficient (Wildman–Crippen LogP) is 4.73. The van der Waals surface area contributed by atoms with Gasteiger partial charge in [0.05, 0.1) is 0 Å². The number of hydrogen-bond donors (Lipinski definition) is 1. The van der Waals surface area contributed by atoms with Gasteiger partial charge in [0.25, 0.3) is 0 Å². The number of hydrogen-bond acceptors (Lipinski definition) is 3. The minimum absolute atomic E-state index is 0.0143. The Bertz CT molecular complexity index is 603. The maximum Gasteiger partial charge on any atom is 0.328 e. The van der Waals surface area contributed by atoms with E-state index >= 15 is 0 Å². The van der Waals surface area contributed by atoms with E-state index in [9.17, 15) is 9.59 Å². The quantitative estimate of drug-likeness (QED) is 0.489. The maximum atomic E-state index is 11.7. The molecule has 0 atom stereocenters. The summed E-state index contributed by atoms with van der Waals surface area (Å²) in [4.78, 5) is 22.3. The van der Waals surface area contributed by atoms with E-state index in [0.29, 0.717) is 5.76 Å². The van der Waals surface area contributed by atoms with Crippen LogP contribution in [-0.2, 0) is 14.3 Å². The van der Waals surface area contributed by atoms with Gasteiger partial charge in [0.15, 0.2) is 5.60 Å².